The number of anilines is 1. The van der Waals surface area contributed by atoms with Crippen molar-refractivity contribution in [3.8, 4) is 11.5 Å². The summed E-state index contributed by atoms with van der Waals surface area (Å²) < 4.78 is 11.4. The number of carbonyl (C=O) groups excluding carboxylic acids is 1. The molecule has 3 aromatic carbocycles. The quantitative estimate of drug-likeness (QED) is 0.623. The van der Waals surface area contributed by atoms with Crippen molar-refractivity contribution in [1.82, 2.24) is 0 Å². The Labute approximate surface area is 166 Å². The number of benzene rings is 3. The minimum absolute atomic E-state index is 0.168. The van der Waals surface area contributed by atoms with Crippen molar-refractivity contribution in [3.05, 3.63) is 88.5 Å². The van der Waals surface area contributed by atoms with Crippen LogP contribution in [0.15, 0.2) is 60.7 Å². The molecule has 0 spiro atoms. The second-order valence-electron chi connectivity index (χ2n) is 6.88. The summed E-state index contributed by atoms with van der Waals surface area (Å²) in [4.78, 5) is 12.6. The van der Waals surface area contributed by atoms with Crippen LogP contribution in [0.2, 0.25) is 0 Å². The smallest absolute Gasteiger partial charge is 0.255 e. The van der Waals surface area contributed by atoms with Gasteiger partial charge in [0.2, 0.25) is 0 Å². The molecule has 0 aliphatic heterocycles. The zero-order valence-corrected chi connectivity index (χ0v) is 16.7. The number of methoxy groups -OCH3 is 1. The topological polar surface area (TPSA) is 47.6 Å². The number of carbonyl (C=O) groups is 1. The van der Waals surface area contributed by atoms with Crippen LogP contribution in [0.1, 0.15) is 32.6 Å². The summed E-state index contributed by atoms with van der Waals surface area (Å²) in [7, 11) is 1.61. The standard InChI is InChI=1S/C24H25NO3/c1-16-5-9-21(10-6-16)25-24(26)19-8-12-23(27-4)20(14-19)15-28-22-11-7-17(2)18(3)13-22/h5-14H,15H2,1-4H3,(H,25,26). The first kappa shape index (κ1) is 19.5. The highest BCUT2D eigenvalue weighted by molar-refractivity contribution is 6.04. The fourth-order valence-corrected chi connectivity index (χ4v) is 2.84. The summed E-state index contributed by atoms with van der Waals surface area (Å²) in [5.74, 6) is 1.31. The van der Waals surface area contributed by atoms with Crippen molar-refractivity contribution < 1.29 is 14.3 Å². The van der Waals surface area contributed by atoms with Crippen LogP contribution in [0.25, 0.3) is 0 Å². The van der Waals surface area contributed by atoms with Crippen molar-refractivity contribution in [3.63, 3.8) is 0 Å². The van der Waals surface area contributed by atoms with Crippen LogP contribution in [-0.4, -0.2) is 13.0 Å². The Balaban J connectivity index is 1.76. The molecule has 1 amide bonds. The van der Waals surface area contributed by atoms with E-state index < -0.39 is 0 Å². The van der Waals surface area contributed by atoms with Crippen LogP contribution in [-0.2, 0) is 6.61 Å². The molecular weight excluding hydrogens is 350 g/mol. The van der Waals surface area contributed by atoms with Gasteiger partial charge in [0.15, 0.2) is 0 Å². The monoisotopic (exact) mass is 375 g/mol. The molecule has 0 radical (unpaired) electrons. The molecule has 3 rings (SSSR count). The highest BCUT2D eigenvalue weighted by atomic mass is 16.5. The normalized spacial score (nSPS) is 10.4. The van der Waals surface area contributed by atoms with Crippen molar-refractivity contribution in [2.45, 2.75) is 27.4 Å². The van der Waals surface area contributed by atoms with E-state index in [9.17, 15) is 4.79 Å². The lowest BCUT2D eigenvalue weighted by Gasteiger charge is -2.13. The molecule has 1 N–H and O–H groups in total. The zero-order valence-electron chi connectivity index (χ0n) is 16.7. The maximum absolute atomic E-state index is 12.6. The predicted octanol–water partition coefficient (Wildman–Crippen LogP) is 5.45. The van der Waals surface area contributed by atoms with Gasteiger partial charge >= 0.3 is 0 Å². The Bertz CT molecular complexity index is 978. The van der Waals surface area contributed by atoms with E-state index in [2.05, 4.69) is 19.2 Å². The van der Waals surface area contributed by atoms with E-state index in [0.29, 0.717) is 17.9 Å². The van der Waals surface area contributed by atoms with Crippen LogP contribution in [0.5, 0.6) is 11.5 Å². The fraction of sp³-hybridized carbons (Fsp3) is 0.208. The molecule has 0 fully saturated rings. The summed E-state index contributed by atoms with van der Waals surface area (Å²) in [5, 5.41) is 2.92. The molecule has 0 atom stereocenters. The Morgan fingerprint density at radius 2 is 1.64 bits per heavy atom. The second-order valence-corrected chi connectivity index (χ2v) is 6.88. The number of hydrogen-bond donors (Lipinski definition) is 1. The summed E-state index contributed by atoms with van der Waals surface area (Å²) in [6.07, 6.45) is 0. The SMILES string of the molecule is COc1ccc(C(=O)Nc2ccc(C)cc2)cc1COc1ccc(C)c(C)c1. The molecular formula is C24H25NO3. The van der Waals surface area contributed by atoms with Crippen LogP contribution >= 0.6 is 0 Å². The average Bonchev–Trinajstić information content (AvgIpc) is 2.70. The van der Waals surface area contributed by atoms with E-state index >= 15 is 0 Å². The first-order valence-electron chi connectivity index (χ1n) is 9.21. The molecule has 0 saturated carbocycles. The first-order chi connectivity index (χ1) is 13.5. The lowest BCUT2D eigenvalue weighted by Crippen LogP contribution is -2.12. The molecule has 3 aromatic rings. The molecule has 0 saturated heterocycles. The van der Waals surface area contributed by atoms with E-state index in [0.717, 1.165) is 22.6 Å². The molecule has 0 heterocycles. The van der Waals surface area contributed by atoms with E-state index in [1.54, 1.807) is 19.2 Å². The highest BCUT2D eigenvalue weighted by Gasteiger charge is 2.12. The van der Waals surface area contributed by atoms with Gasteiger partial charge in [0, 0.05) is 16.8 Å². The second kappa shape index (κ2) is 8.61. The summed E-state index contributed by atoms with van der Waals surface area (Å²) in [6, 6.07) is 19.1. The molecule has 0 unspecified atom stereocenters. The van der Waals surface area contributed by atoms with Gasteiger partial charge in [-0.05, 0) is 74.4 Å². The Hall–Kier alpha value is -3.27. The first-order valence-corrected chi connectivity index (χ1v) is 9.21. The minimum atomic E-state index is -0.168. The van der Waals surface area contributed by atoms with Gasteiger partial charge in [-0.1, -0.05) is 23.8 Å². The predicted molar refractivity (Wildman–Crippen MR) is 112 cm³/mol. The lowest BCUT2D eigenvalue weighted by molar-refractivity contribution is 0.102. The summed E-state index contributed by atoms with van der Waals surface area (Å²) >= 11 is 0. The molecule has 28 heavy (non-hydrogen) atoms. The molecule has 0 aromatic heterocycles. The molecule has 4 nitrogen and oxygen atoms in total. The van der Waals surface area contributed by atoms with E-state index in [-0.39, 0.29) is 5.91 Å². The maximum atomic E-state index is 12.6. The Kier molecular flexibility index (Phi) is 5.99. The summed E-state index contributed by atoms with van der Waals surface area (Å²) in [6.45, 7) is 6.45. The lowest BCUT2D eigenvalue weighted by atomic mass is 10.1. The van der Waals surface area contributed by atoms with Crippen LogP contribution < -0.4 is 14.8 Å². The van der Waals surface area contributed by atoms with Crippen molar-refractivity contribution in [1.29, 1.82) is 0 Å². The van der Waals surface area contributed by atoms with Gasteiger partial charge in [-0.2, -0.15) is 0 Å². The van der Waals surface area contributed by atoms with Gasteiger partial charge in [-0.3, -0.25) is 4.79 Å². The Morgan fingerprint density at radius 3 is 2.32 bits per heavy atom. The molecule has 4 heteroatoms. The van der Waals surface area contributed by atoms with Gasteiger partial charge in [-0.15, -0.1) is 0 Å². The van der Waals surface area contributed by atoms with E-state index in [1.165, 1.54) is 11.1 Å². The third kappa shape index (κ3) is 4.71. The van der Waals surface area contributed by atoms with Crippen LogP contribution in [0.3, 0.4) is 0 Å². The van der Waals surface area contributed by atoms with Gasteiger partial charge in [0.1, 0.15) is 18.1 Å². The van der Waals surface area contributed by atoms with Crippen LogP contribution in [0, 0.1) is 20.8 Å². The van der Waals surface area contributed by atoms with Gasteiger partial charge in [0.25, 0.3) is 5.91 Å². The number of aryl methyl sites for hydroxylation is 3. The van der Waals surface area contributed by atoms with Gasteiger partial charge in [-0.25, -0.2) is 0 Å². The Morgan fingerprint density at radius 1 is 0.893 bits per heavy atom. The molecule has 0 aliphatic carbocycles. The minimum Gasteiger partial charge on any atom is -0.496 e. The summed E-state index contributed by atoms with van der Waals surface area (Å²) in [5.41, 5.74) is 5.68. The number of rotatable bonds is 6. The third-order valence-electron chi connectivity index (χ3n) is 4.72. The third-order valence-corrected chi connectivity index (χ3v) is 4.72. The zero-order chi connectivity index (χ0) is 20.1. The van der Waals surface area contributed by atoms with Crippen molar-refractivity contribution >= 4 is 11.6 Å². The van der Waals surface area contributed by atoms with Gasteiger partial charge in [0.05, 0.1) is 7.11 Å². The van der Waals surface area contributed by atoms with E-state index in [1.807, 2.05) is 55.5 Å². The number of ether oxygens (including phenoxy) is 2. The number of amides is 1. The number of hydrogen-bond acceptors (Lipinski definition) is 3. The van der Waals surface area contributed by atoms with Crippen molar-refractivity contribution in [2.24, 2.45) is 0 Å². The van der Waals surface area contributed by atoms with Gasteiger partial charge < -0.3 is 14.8 Å². The average molecular weight is 375 g/mol. The van der Waals surface area contributed by atoms with Crippen LogP contribution in [0.4, 0.5) is 5.69 Å². The highest BCUT2D eigenvalue weighted by Crippen LogP contribution is 2.24. The fourth-order valence-electron chi connectivity index (χ4n) is 2.84. The van der Waals surface area contributed by atoms with Crippen molar-refractivity contribution in [2.75, 3.05) is 12.4 Å². The molecule has 0 bridgehead atoms. The van der Waals surface area contributed by atoms with E-state index in [4.69, 9.17) is 9.47 Å². The number of nitrogens with one attached hydrogen (secondary N) is 1. The maximum Gasteiger partial charge on any atom is 0.255 e. The molecule has 0 aliphatic rings. The molecule has 144 valence electrons. The largest absolute Gasteiger partial charge is 0.496 e.